The zero-order valence-corrected chi connectivity index (χ0v) is 4.43. The summed E-state index contributed by atoms with van der Waals surface area (Å²) in [6, 6.07) is 0. The molecule has 0 spiro atoms. The Morgan fingerprint density at radius 2 is 1.86 bits per heavy atom. The summed E-state index contributed by atoms with van der Waals surface area (Å²) in [5.74, 6) is 0. The molecular weight excluding hydrogens is 88.1 g/mol. The van der Waals surface area contributed by atoms with Gasteiger partial charge in [-0.2, -0.15) is 0 Å². The van der Waals surface area contributed by atoms with Crippen molar-refractivity contribution < 1.29 is 0 Å². The first-order chi connectivity index (χ1) is 3.41. The van der Waals surface area contributed by atoms with E-state index in [9.17, 15) is 0 Å². The monoisotopic (exact) mass is 100 g/mol. The normalized spacial score (nSPS) is 10.6. The van der Waals surface area contributed by atoms with Crippen LogP contribution >= 0.6 is 0 Å². The lowest BCUT2D eigenvalue weighted by atomic mass is 10.4. The molecule has 0 atom stereocenters. The molecule has 0 unspecified atom stereocenters. The van der Waals surface area contributed by atoms with Gasteiger partial charge in [-0.3, -0.25) is 0 Å². The Morgan fingerprint density at radius 1 is 1.14 bits per heavy atom. The van der Waals surface area contributed by atoms with Crippen molar-refractivity contribution >= 4 is 0 Å². The SMILES string of the molecule is NC/C=C/CCN. The first-order valence-corrected chi connectivity index (χ1v) is 2.47. The van der Waals surface area contributed by atoms with Crippen LogP contribution in [0, 0.1) is 0 Å². The zero-order chi connectivity index (χ0) is 5.54. The molecule has 0 aliphatic carbocycles. The van der Waals surface area contributed by atoms with Crippen molar-refractivity contribution in [2.45, 2.75) is 6.42 Å². The molecule has 2 nitrogen and oxygen atoms in total. The largest absolute Gasteiger partial charge is 0.330 e. The number of nitrogens with two attached hydrogens (primary N) is 2. The van der Waals surface area contributed by atoms with Gasteiger partial charge in [0.25, 0.3) is 0 Å². The van der Waals surface area contributed by atoms with E-state index in [0.29, 0.717) is 6.54 Å². The molecule has 0 aromatic heterocycles. The molecule has 2 heteroatoms. The third kappa shape index (κ3) is 5.66. The van der Waals surface area contributed by atoms with Crippen LogP contribution in [-0.2, 0) is 0 Å². The maximum absolute atomic E-state index is 5.18. The second-order valence-corrected chi connectivity index (χ2v) is 1.28. The lowest BCUT2D eigenvalue weighted by Gasteiger charge is -1.80. The van der Waals surface area contributed by atoms with Gasteiger partial charge in [-0.25, -0.2) is 0 Å². The second-order valence-electron chi connectivity index (χ2n) is 1.28. The van der Waals surface area contributed by atoms with Crippen LogP contribution in [0.3, 0.4) is 0 Å². The summed E-state index contributed by atoms with van der Waals surface area (Å²) in [7, 11) is 0. The summed E-state index contributed by atoms with van der Waals surface area (Å²) in [5.41, 5.74) is 10.3. The highest BCUT2D eigenvalue weighted by Gasteiger charge is 1.67. The Kier molecular flexibility index (Phi) is 5.39. The highest BCUT2D eigenvalue weighted by Crippen LogP contribution is 1.74. The lowest BCUT2D eigenvalue weighted by Crippen LogP contribution is -1.97. The molecule has 42 valence electrons. The highest BCUT2D eigenvalue weighted by molar-refractivity contribution is 4.81. The molecule has 0 bridgehead atoms. The standard InChI is InChI=1S/C5H12N2/c6-4-2-1-3-5-7/h1-2H,3-7H2/b2-1+. The fourth-order valence-corrected chi connectivity index (χ4v) is 0.310. The fraction of sp³-hybridized carbons (Fsp3) is 0.600. The molecule has 0 aliphatic rings. The van der Waals surface area contributed by atoms with E-state index in [-0.39, 0.29) is 0 Å². The van der Waals surface area contributed by atoms with Crippen LogP contribution in [0.1, 0.15) is 6.42 Å². The van der Waals surface area contributed by atoms with Crippen molar-refractivity contribution in [2.24, 2.45) is 11.5 Å². The van der Waals surface area contributed by atoms with Gasteiger partial charge in [-0.05, 0) is 13.0 Å². The molecule has 0 radical (unpaired) electrons. The van der Waals surface area contributed by atoms with Crippen LogP contribution in [0.15, 0.2) is 12.2 Å². The molecule has 0 saturated carbocycles. The average molecular weight is 100 g/mol. The molecule has 0 saturated heterocycles. The van der Waals surface area contributed by atoms with Crippen LogP contribution < -0.4 is 11.5 Å². The maximum atomic E-state index is 5.18. The predicted molar refractivity (Wildman–Crippen MR) is 31.9 cm³/mol. The Bertz CT molecular complexity index is 50.0. The molecule has 0 amide bonds. The van der Waals surface area contributed by atoms with E-state index >= 15 is 0 Å². The Balaban J connectivity index is 2.78. The van der Waals surface area contributed by atoms with Gasteiger partial charge in [0.05, 0.1) is 0 Å². The minimum Gasteiger partial charge on any atom is -0.330 e. The summed E-state index contributed by atoms with van der Waals surface area (Å²) in [6.45, 7) is 1.34. The smallest absolute Gasteiger partial charge is 0.0106 e. The molecule has 0 rings (SSSR count). The van der Waals surface area contributed by atoms with Crippen molar-refractivity contribution in [1.29, 1.82) is 0 Å². The third-order valence-electron chi connectivity index (χ3n) is 0.636. The molecule has 0 aliphatic heterocycles. The van der Waals surface area contributed by atoms with Crippen LogP contribution in [0.4, 0.5) is 0 Å². The molecule has 0 aromatic carbocycles. The first kappa shape index (κ1) is 6.66. The van der Waals surface area contributed by atoms with E-state index in [1.165, 1.54) is 0 Å². The average Bonchev–Trinajstić information content (AvgIpc) is 1.69. The van der Waals surface area contributed by atoms with Gasteiger partial charge in [0, 0.05) is 6.54 Å². The molecule has 0 heterocycles. The molecule has 0 fully saturated rings. The van der Waals surface area contributed by atoms with Crippen molar-refractivity contribution in [3.8, 4) is 0 Å². The van der Waals surface area contributed by atoms with Crippen LogP contribution in [0.2, 0.25) is 0 Å². The Morgan fingerprint density at radius 3 is 2.29 bits per heavy atom. The maximum Gasteiger partial charge on any atom is 0.0106 e. The van der Waals surface area contributed by atoms with E-state index in [1.807, 2.05) is 12.2 Å². The number of rotatable bonds is 3. The summed E-state index contributed by atoms with van der Waals surface area (Å²) in [4.78, 5) is 0. The van der Waals surface area contributed by atoms with Gasteiger partial charge in [-0.15, -0.1) is 0 Å². The van der Waals surface area contributed by atoms with Crippen molar-refractivity contribution in [2.75, 3.05) is 13.1 Å². The minimum absolute atomic E-state index is 0.625. The highest BCUT2D eigenvalue weighted by atomic mass is 14.5. The summed E-state index contributed by atoms with van der Waals surface area (Å²) < 4.78 is 0. The van der Waals surface area contributed by atoms with Crippen LogP contribution in [-0.4, -0.2) is 13.1 Å². The van der Waals surface area contributed by atoms with E-state index in [4.69, 9.17) is 11.5 Å². The van der Waals surface area contributed by atoms with Crippen LogP contribution in [0.25, 0.3) is 0 Å². The first-order valence-electron chi connectivity index (χ1n) is 2.47. The third-order valence-corrected chi connectivity index (χ3v) is 0.636. The zero-order valence-electron chi connectivity index (χ0n) is 4.43. The van der Waals surface area contributed by atoms with E-state index in [1.54, 1.807) is 0 Å². The molecule has 4 N–H and O–H groups in total. The number of hydrogen-bond donors (Lipinski definition) is 2. The summed E-state index contributed by atoms with van der Waals surface area (Å²) in [5, 5.41) is 0. The Hall–Kier alpha value is -0.340. The van der Waals surface area contributed by atoms with Gasteiger partial charge in [0.15, 0.2) is 0 Å². The van der Waals surface area contributed by atoms with Crippen LogP contribution in [0.5, 0.6) is 0 Å². The Labute approximate surface area is 44.2 Å². The second kappa shape index (κ2) is 5.66. The van der Waals surface area contributed by atoms with Gasteiger partial charge >= 0.3 is 0 Å². The van der Waals surface area contributed by atoms with Crippen molar-refractivity contribution in [1.82, 2.24) is 0 Å². The van der Waals surface area contributed by atoms with Gasteiger partial charge in [0.1, 0.15) is 0 Å². The van der Waals surface area contributed by atoms with Gasteiger partial charge < -0.3 is 11.5 Å². The molecular formula is C5H12N2. The quantitative estimate of drug-likeness (QED) is 0.484. The molecule has 0 aromatic rings. The van der Waals surface area contributed by atoms with Gasteiger partial charge in [-0.1, -0.05) is 12.2 Å². The topological polar surface area (TPSA) is 52.0 Å². The van der Waals surface area contributed by atoms with Crippen molar-refractivity contribution in [3.05, 3.63) is 12.2 Å². The van der Waals surface area contributed by atoms with E-state index in [2.05, 4.69) is 0 Å². The summed E-state index contributed by atoms with van der Waals surface area (Å²) >= 11 is 0. The van der Waals surface area contributed by atoms with Gasteiger partial charge in [0.2, 0.25) is 0 Å². The lowest BCUT2D eigenvalue weighted by molar-refractivity contribution is 1.00. The number of hydrogen-bond acceptors (Lipinski definition) is 2. The van der Waals surface area contributed by atoms with Crippen molar-refractivity contribution in [3.63, 3.8) is 0 Å². The minimum atomic E-state index is 0.625. The predicted octanol–water partition coefficient (Wildman–Crippen LogP) is -0.150. The fourth-order valence-electron chi connectivity index (χ4n) is 0.310. The summed E-state index contributed by atoms with van der Waals surface area (Å²) in [6.07, 6.45) is 4.84. The molecule has 7 heavy (non-hydrogen) atoms. The van der Waals surface area contributed by atoms with E-state index < -0.39 is 0 Å². The van der Waals surface area contributed by atoms with E-state index in [0.717, 1.165) is 13.0 Å².